The lowest BCUT2D eigenvalue weighted by atomic mass is 10.2. The third kappa shape index (κ3) is 4.34. The molecule has 2 aromatic carbocycles. The topological polar surface area (TPSA) is 44.3 Å². The molecule has 29 heavy (non-hydrogen) atoms. The number of anilines is 2. The molecule has 1 saturated heterocycles. The Balaban J connectivity index is 1.32. The van der Waals surface area contributed by atoms with Gasteiger partial charge in [-0.2, -0.15) is 0 Å². The number of nitrogens with zero attached hydrogens (tertiary/aromatic N) is 4. The number of rotatable bonds is 5. The molecule has 2 heterocycles. The fourth-order valence-corrected chi connectivity index (χ4v) is 4.47. The zero-order valence-corrected chi connectivity index (χ0v) is 18.5. The number of hydrogen-bond donors (Lipinski definition) is 1. The molecule has 0 atom stereocenters. The van der Waals surface area contributed by atoms with E-state index in [2.05, 4.69) is 43.2 Å². The normalized spacial score (nSPS) is 17.7. The first-order chi connectivity index (χ1) is 14.2. The van der Waals surface area contributed by atoms with Crippen molar-refractivity contribution in [1.29, 1.82) is 0 Å². The van der Waals surface area contributed by atoms with Crippen molar-refractivity contribution in [3.8, 4) is 0 Å². The standard InChI is InChI=1S/C22H23BrClN5/c23-16-6-5-15(18(24)13-16)14-28-9-11-29(12-10-28)22-21(25-17-7-8-17)26-19-3-1-2-4-20(19)27-22/h1-6,13,17H,7-12,14H2,(H,25,26). The van der Waals surface area contributed by atoms with E-state index in [1.54, 1.807) is 0 Å². The first-order valence-electron chi connectivity index (χ1n) is 10.1. The molecule has 1 saturated carbocycles. The van der Waals surface area contributed by atoms with Gasteiger partial charge in [-0.05, 0) is 42.7 Å². The molecular formula is C22H23BrClN5. The molecule has 5 nitrogen and oxygen atoms in total. The molecular weight excluding hydrogens is 450 g/mol. The van der Waals surface area contributed by atoms with Crippen LogP contribution in [-0.4, -0.2) is 47.1 Å². The fourth-order valence-electron chi connectivity index (χ4n) is 3.74. The second-order valence-electron chi connectivity index (χ2n) is 7.80. The van der Waals surface area contributed by atoms with Gasteiger partial charge in [0.05, 0.1) is 11.0 Å². The summed E-state index contributed by atoms with van der Waals surface area (Å²) in [4.78, 5) is 14.7. The van der Waals surface area contributed by atoms with Crippen molar-refractivity contribution in [2.24, 2.45) is 0 Å². The van der Waals surface area contributed by atoms with E-state index in [4.69, 9.17) is 21.6 Å². The van der Waals surface area contributed by atoms with E-state index in [1.807, 2.05) is 30.3 Å². The maximum atomic E-state index is 6.41. The van der Waals surface area contributed by atoms with Crippen molar-refractivity contribution in [2.45, 2.75) is 25.4 Å². The van der Waals surface area contributed by atoms with Crippen LogP contribution in [0.25, 0.3) is 11.0 Å². The molecule has 7 heteroatoms. The number of fused-ring (bicyclic) bond motifs is 1. The first kappa shape index (κ1) is 19.1. The number of aromatic nitrogens is 2. The Morgan fingerprint density at radius 3 is 2.41 bits per heavy atom. The maximum absolute atomic E-state index is 6.41. The van der Waals surface area contributed by atoms with Gasteiger partial charge in [0, 0.05) is 48.3 Å². The third-order valence-electron chi connectivity index (χ3n) is 5.55. The minimum absolute atomic E-state index is 0.546. The Morgan fingerprint density at radius 1 is 1.00 bits per heavy atom. The molecule has 3 aromatic rings. The van der Waals surface area contributed by atoms with Gasteiger partial charge in [0.2, 0.25) is 0 Å². The van der Waals surface area contributed by atoms with Crippen molar-refractivity contribution >= 4 is 50.2 Å². The van der Waals surface area contributed by atoms with Gasteiger partial charge >= 0.3 is 0 Å². The van der Waals surface area contributed by atoms with E-state index in [1.165, 1.54) is 18.4 Å². The van der Waals surface area contributed by atoms with Crippen molar-refractivity contribution in [3.05, 3.63) is 57.5 Å². The molecule has 150 valence electrons. The highest BCUT2D eigenvalue weighted by atomic mass is 79.9. The Morgan fingerprint density at radius 2 is 1.72 bits per heavy atom. The zero-order valence-electron chi connectivity index (χ0n) is 16.1. The van der Waals surface area contributed by atoms with Crippen LogP contribution in [0.3, 0.4) is 0 Å². The lowest BCUT2D eigenvalue weighted by Crippen LogP contribution is -2.46. The number of nitrogens with one attached hydrogen (secondary N) is 1. The van der Waals surface area contributed by atoms with Crippen LogP contribution in [0.5, 0.6) is 0 Å². The van der Waals surface area contributed by atoms with Gasteiger partial charge in [-0.3, -0.25) is 4.90 Å². The van der Waals surface area contributed by atoms with Crippen LogP contribution in [0.1, 0.15) is 18.4 Å². The van der Waals surface area contributed by atoms with Crippen LogP contribution in [0, 0.1) is 0 Å². The average molecular weight is 473 g/mol. The van der Waals surface area contributed by atoms with Gasteiger partial charge in [0.1, 0.15) is 0 Å². The Kier molecular flexibility index (Phi) is 5.33. The minimum Gasteiger partial charge on any atom is -0.364 e. The van der Waals surface area contributed by atoms with Crippen LogP contribution in [-0.2, 0) is 6.54 Å². The molecule has 1 aliphatic carbocycles. The number of para-hydroxylation sites is 2. The summed E-state index contributed by atoms with van der Waals surface area (Å²) < 4.78 is 1.02. The zero-order chi connectivity index (χ0) is 19.8. The molecule has 1 N–H and O–H groups in total. The van der Waals surface area contributed by atoms with E-state index in [0.29, 0.717) is 6.04 Å². The van der Waals surface area contributed by atoms with E-state index in [9.17, 15) is 0 Å². The highest BCUT2D eigenvalue weighted by Gasteiger charge is 2.27. The lowest BCUT2D eigenvalue weighted by molar-refractivity contribution is 0.249. The second-order valence-corrected chi connectivity index (χ2v) is 9.12. The second kappa shape index (κ2) is 8.09. The maximum Gasteiger partial charge on any atom is 0.172 e. The number of benzene rings is 2. The fraction of sp³-hybridized carbons (Fsp3) is 0.364. The van der Waals surface area contributed by atoms with Gasteiger partial charge in [-0.15, -0.1) is 0 Å². The van der Waals surface area contributed by atoms with Crippen molar-refractivity contribution in [2.75, 3.05) is 36.4 Å². The first-order valence-corrected chi connectivity index (χ1v) is 11.3. The van der Waals surface area contributed by atoms with Crippen LogP contribution in [0.15, 0.2) is 46.9 Å². The van der Waals surface area contributed by atoms with Gasteiger partial charge in [-0.1, -0.05) is 45.7 Å². The third-order valence-corrected chi connectivity index (χ3v) is 6.40. The molecule has 2 aliphatic rings. The highest BCUT2D eigenvalue weighted by molar-refractivity contribution is 9.10. The molecule has 2 fully saturated rings. The molecule has 5 rings (SSSR count). The van der Waals surface area contributed by atoms with Crippen molar-refractivity contribution in [3.63, 3.8) is 0 Å². The van der Waals surface area contributed by atoms with Crippen molar-refractivity contribution < 1.29 is 0 Å². The monoisotopic (exact) mass is 471 g/mol. The summed E-state index contributed by atoms with van der Waals surface area (Å²) in [6.07, 6.45) is 2.44. The van der Waals surface area contributed by atoms with E-state index in [0.717, 1.165) is 64.9 Å². The SMILES string of the molecule is Clc1cc(Br)ccc1CN1CCN(c2nc3ccccc3nc2NC2CC2)CC1. The Hall–Kier alpha value is -1.89. The summed E-state index contributed by atoms with van der Waals surface area (Å²) in [7, 11) is 0. The number of hydrogen-bond acceptors (Lipinski definition) is 5. The van der Waals surface area contributed by atoms with E-state index < -0.39 is 0 Å². The minimum atomic E-state index is 0.546. The van der Waals surface area contributed by atoms with Gasteiger partial charge in [0.25, 0.3) is 0 Å². The Labute approximate surface area is 184 Å². The summed E-state index contributed by atoms with van der Waals surface area (Å²) in [6, 6.07) is 14.8. The van der Waals surface area contributed by atoms with Crippen LogP contribution >= 0.6 is 27.5 Å². The Bertz CT molecular complexity index is 1030. The summed E-state index contributed by atoms with van der Waals surface area (Å²) in [5.41, 5.74) is 3.07. The number of halogens is 2. The largest absolute Gasteiger partial charge is 0.364 e. The van der Waals surface area contributed by atoms with Crippen LogP contribution in [0.2, 0.25) is 5.02 Å². The van der Waals surface area contributed by atoms with E-state index in [-0.39, 0.29) is 0 Å². The van der Waals surface area contributed by atoms with Gasteiger partial charge in [-0.25, -0.2) is 9.97 Å². The highest BCUT2D eigenvalue weighted by Crippen LogP contribution is 2.31. The molecule has 0 amide bonds. The molecule has 1 aromatic heterocycles. The van der Waals surface area contributed by atoms with Gasteiger partial charge < -0.3 is 10.2 Å². The van der Waals surface area contributed by atoms with E-state index >= 15 is 0 Å². The molecule has 0 spiro atoms. The summed E-state index contributed by atoms with van der Waals surface area (Å²) in [5, 5.41) is 4.40. The smallest absolute Gasteiger partial charge is 0.172 e. The summed E-state index contributed by atoms with van der Waals surface area (Å²) in [6.45, 7) is 4.69. The quantitative estimate of drug-likeness (QED) is 0.570. The predicted molar refractivity (Wildman–Crippen MR) is 123 cm³/mol. The van der Waals surface area contributed by atoms with Crippen molar-refractivity contribution in [1.82, 2.24) is 14.9 Å². The lowest BCUT2D eigenvalue weighted by Gasteiger charge is -2.36. The average Bonchev–Trinajstić information content (AvgIpc) is 3.54. The molecule has 1 aliphatic heterocycles. The molecule has 0 unspecified atom stereocenters. The van der Waals surface area contributed by atoms with Crippen LogP contribution < -0.4 is 10.2 Å². The summed E-state index contributed by atoms with van der Waals surface area (Å²) >= 11 is 9.89. The van der Waals surface area contributed by atoms with Gasteiger partial charge in [0.15, 0.2) is 11.6 Å². The predicted octanol–water partition coefficient (Wildman–Crippen LogP) is 4.94. The summed E-state index contributed by atoms with van der Waals surface area (Å²) in [5.74, 6) is 1.91. The number of piperazine rings is 1. The van der Waals surface area contributed by atoms with Crippen LogP contribution in [0.4, 0.5) is 11.6 Å². The molecule has 0 bridgehead atoms. The molecule has 0 radical (unpaired) electrons.